The van der Waals surface area contributed by atoms with Crippen molar-refractivity contribution < 1.29 is 8.42 Å². The highest BCUT2D eigenvalue weighted by molar-refractivity contribution is 7.87. The van der Waals surface area contributed by atoms with Gasteiger partial charge < -0.3 is 0 Å². The number of rotatable bonds is 6. The first kappa shape index (κ1) is 17.3. The van der Waals surface area contributed by atoms with Crippen LogP contribution in [-0.2, 0) is 16.8 Å². The minimum absolute atomic E-state index is 0.0592. The molecule has 0 spiro atoms. The standard InChI is InChI=1S/C15H26N4O2S/c1-12(2)14-10-19(9-13-7-5-6-8-16-13)11-15(14)17-22(20,21)18(3)4/h5-8,12,14-15,17H,9-11H2,1-4H3/t14-,15+/m0/s1. The van der Waals surface area contributed by atoms with E-state index < -0.39 is 10.2 Å². The topological polar surface area (TPSA) is 65.5 Å². The molecule has 0 unspecified atom stereocenters. The van der Waals surface area contributed by atoms with E-state index in [9.17, 15) is 8.42 Å². The molecule has 1 aromatic rings. The molecule has 0 bridgehead atoms. The molecule has 2 atom stereocenters. The van der Waals surface area contributed by atoms with Crippen LogP contribution in [-0.4, -0.2) is 55.8 Å². The molecule has 1 aromatic heterocycles. The number of nitrogens with one attached hydrogen (secondary N) is 1. The van der Waals surface area contributed by atoms with Crippen LogP contribution >= 0.6 is 0 Å². The predicted molar refractivity (Wildman–Crippen MR) is 87.4 cm³/mol. The molecule has 6 nitrogen and oxygen atoms in total. The Bertz CT molecular complexity index is 574. The lowest BCUT2D eigenvalue weighted by atomic mass is 9.92. The Balaban J connectivity index is 2.06. The third-order valence-corrected chi connectivity index (χ3v) is 5.75. The fourth-order valence-corrected chi connectivity index (χ4v) is 3.70. The molecule has 1 aliphatic heterocycles. The summed E-state index contributed by atoms with van der Waals surface area (Å²) in [6.45, 7) is 6.64. The number of hydrogen-bond donors (Lipinski definition) is 1. The molecule has 7 heteroatoms. The Labute approximate surface area is 133 Å². The van der Waals surface area contributed by atoms with Gasteiger partial charge in [0.1, 0.15) is 0 Å². The van der Waals surface area contributed by atoms with Gasteiger partial charge in [-0.3, -0.25) is 9.88 Å². The van der Waals surface area contributed by atoms with E-state index in [1.165, 1.54) is 4.31 Å². The fourth-order valence-electron chi connectivity index (χ4n) is 2.86. The first-order chi connectivity index (χ1) is 10.3. The van der Waals surface area contributed by atoms with E-state index in [1.807, 2.05) is 18.2 Å². The first-order valence-electron chi connectivity index (χ1n) is 7.61. The van der Waals surface area contributed by atoms with Gasteiger partial charge in [0.15, 0.2) is 0 Å². The van der Waals surface area contributed by atoms with Crippen molar-refractivity contribution in [2.24, 2.45) is 11.8 Å². The summed E-state index contributed by atoms with van der Waals surface area (Å²) in [5.41, 5.74) is 1.01. The summed E-state index contributed by atoms with van der Waals surface area (Å²) in [6, 6.07) is 5.82. The van der Waals surface area contributed by atoms with Crippen molar-refractivity contribution in [3.63, 3.8) is 0 Å². The maximum Gasteiger partial charge on any atom is 0.279 e. The van der Waals surface area contributed by atoms with Crippen LogP contribution in [0.1, 0.15) is 19.5 Å². The molecule has 0 aromatic carbocycles. The zero-order chi connectivity index (χ0) is 16.3. The molecule has 124 valence electrons. The van der Waals surface area contributed by atoms with Gasteiger partial charge in [-0.2, -0.15) is 17.4 Å². The maximum absolute atomic E-state index is 12.1. The number of likely N-dealkylation sites (tertiary alicyclic amines) is 1. The van der Waals surface area contributed by atoms with Gasteiger partial charge in [0.25, 0.3) is 10.2 Å². The van der Waals surface area contributed by atoms with Gasteiger partial charge in [0.05, 0.1) is 5.69 Å². The Morgan fingerprint density at radius 1 is 1.36 bits per heavy atom. The highest BCUT2D eigenvalue weighted by atomic mass is 32.2. The van der Waals surface area contributed by atoms with Gasteiger partial charge in [0, 0.05) is 46.0 Å². The van der Waals surface area contributed by atoms with Gasteiger partial charge in [-0.05, 0) is 24.0 Å². The zero-order valence-electron chi connectivity index (χ0n) is 13.7. The molecule has 1 saturated heterocycles. The van der Waals surface area contributed by atoms with Crippen LogP contribution in [0.3, 0.4) is 0 Å². The average molecular weight is 326 g/mol. The van der Waals surface area contributed by atoms with Crippen molar-refractivity contribution in [3.8, 4) is 0 Å². The number of pyridine rings is 1. The second kappa shape index (κ2) is 7.04. The van der Waals surface area contributed by atoms with Crippen LogP contribution in [0.15, 0.2) is 24.4 Å². The summed E-state index contributed by atoms with van der Waals surface area (Å²) in [4.78, 5) is 6.63. The minimum atomic E-state index is -3.40. The van der Waals surface area contributed by atoms with Crippen molar-refractivity contribution in [1.29, 1.82) is 0 Å². The Kier molecular flexibility index (Phi) is 5.55. The van der Waals surface area contributed by atoms with Crippen molar-refractivity contribution in [2.45, 2.75) is 26.4 Å². The van der Waals surface area contributed by atoms with E-state index in [4.69, 9.17) is 0 Å². The summed E-state index contributed by atoms with van der Waals surface area (Å²) >= 11 is 0. The van der Waals surface area contributed by atoms with Crippen molar-refractivity contribution in [1.82, 2.24) is 18.9 Å². The number of aromatic nitrogens is 1. The van der Waals surface area contributed by atoms with Crippen LogP contribution in [0.4, 0.5) is 0 Å². The van der Waals surface area contributed by atoms with E-state index in [0.29, 0.717) is 18.4 Å². The Morgan fingerprint density at radius 3 is 2.64 bits per heavy atom. The lowest BCUT2D eigenvalue weighted by Gasteiger charge is -2.24. The molecule has 1 aliphatic rings. The summed E-state index contributed by atoms with van der Waals surface area (Å²) in [5.74, 6) is 0.724. The molecular weight excluding hydrogens is 300 g/mol. The molecular formula is C15H26N4O2S. The van der Waals surface area contributed by atoms with Gasteiger partial charge in [0.2, 0.25) is 0 Å². The zero-order valence-corrected chi connectivity index (χ0v) is 14.5. The Hall–Kier alpha value is -1.02. The predicted octanol–water partition coefficient (Wildman–Crippen LogP) is 0.934. The van der Waals surface area contributed by atoms with E-state index in [0.717, 1.165) is 18.8 Å². The van der Waals surface area contributed by atoms with Crippen LogP contribution in [0, 0.1) is 11.8 Å². The lowest BCUT2D eigenvalue weighted by Crippen LogP contribution is -2.46. The molecule has 2 rings (SSSR count). The molecule has 2 heterocycles. The highest BCUT2D eigenvalue weighted by Crippen LogP contribution is 2.26. The van der Waals surface area contributed by atoms with E-state index >= 15 is 0 Å². The van der Waals surface area contributed by atoms with Crippen molar-refractivity contribution >= 4 is 10.2 Å². The number of nitrogens with zero attached hydrogens (tertiary/aromatic N) is 3. The van der Waals surface area contributed by atoms with Gasteiger partial charge in [-0.15, -0.1) is 0 Å². The molecule has 1 fully saturated rings. The maximum atomic E-state index is 12.1. The van der Waals surface area contributed by atoms with E-state index in [1.54, 1.807) is 20.3 Å². The van der Waals surface area contributed by atoms with Crippen molar-refractivity contribution in [3.05, 3.63) is 30.1 Å². The molecule has 1 N–H and O–H groups in total. The van der Waals surface area contributed by atoms with Gasteiger partial charge >= 0.3 is 0 Å². The van der Waals surface area contributed by atoms with Gasteiger partial charge in [-0.25, -0.2) is 0 Å². The normalized spacial score (nSPS) is 23.5. The first-order valence-corrected chi connectivity index (χ1v) is 9.05. The molecule has 0 saturated carbocycles. The minimum Gasteiger partial charge on any atom is -0.296 e. The second-order valence-electron chi connectivity index (χ2n) is 6.43. The summed E-state index contributed by atoms with van der Waals surface area (Å²) in [7, 11) is -0.305. The molecule has 0 amide bonds. The molecule has 0 radical (unpaired) electrons. The van der Waals surface area contributed by atoms with Crippen LogP contribution < -0.4 is 4.72 Å². The SMILES string of the molecule is CC(C)[C@@H]1CN(Cc2ccccn2)C[C@H]1NS(=O)(=O)N(C)C. The largest absolute Gasteiger partial charge is 0.296 e. The monoisotopic (exact) mass is 326 g/mol. The summed E-state index contributed by atoms with van der Waals surface area (Å²) < 4.78 is 28.3. The third-order valence-electron chi connectivity index (χ3n) is 4.19. The number of hydrogen-bond acceptors (Lipinski definition) is 4. The van der Waals surface area contributed by atoms with Gasteiger partial charge in [-0.1, -0.05) is 19.9 Å². The van der Waals surface area contributed by atoms with Crippen LogP contribution in [0.5, 0.6) is 0 Å². The summed E-state index contributed by atoms with van der Waals surface area (Å²) in [5, 5.41) is 0. The summed E-state index contributed by atoms with van der Waals surface area (Å²) in [6.07, 6.45) is 1.79. The quantitative estimate of drug-likeness (QED) is 0.845. The van der Waals surface area contributed by atoms with E-state index in [-0.39, 0.29) is 6.04 Å². The highest BCUT2D eigenvalue weighted by Gasteiger charge is 2.37. The Morgan fingerprint density at radius 2 is 2.09 bits per heavy atom. The van der Waals surface area contributed by atoms with Crippen LogP contribution in [0.25, 0.3) is 0 Å². The smallest absolute Gasteiger partial charge is 0.279 e. The molecule has 0 aliphatic carbocycles. The third kappa shape index (κ3) is 4.25. The van der Waals surface area contributed by atoms with Crippen molar-refractivity contribution in [2.75, 3.05) is 27.2 Å². The average Bonchev–Trinajstić information content (AvgIpc) is 2.81. The fraction of sp³-hybridized carbons (Fsp3) is 0.667. The van der Waals surface area contributed by atoms with Crippen LogP contribution in [0.2, 0.25) is 0 Å². The second-order valence-corrected chi connectivity index (χ2v) is 8.35. The molecule has 22 heavy (non-hydrogen) atoms. The van der Waals surface area contributed by atoms with E-state index in [2.05, 4.69) is 28.5 Å². The lowest BCUT2D eigenvalue weighted by molar-refractivity contribution is 0.293.